The molecule has 0 radical (unpaired) electrons. The minimum Gasteiger partial charge on any atom is -0.324 e. The number of benzene rings is 1. The van der Waals surface area contributed by atoms with E-state index in [1.54, 1.807) is 13.0 Å². The second-order valence-electron chi connectivity index (χ2n) is 4.60. The Balaban J connectivity index is 2.15. The zero-order chi connectivity index (χ0) is 14.8. The number of imidazole rings is 1. The minimum absolute atomic E-state index is 0.00170. The number of aromatic amines is 1. The summed E-state index contributed by atoms with van der Waals surface area (Å²) in [5.41, 5.74) is 1.50. The summed E-state index contributed by atoms with van der Waals surface area (Å²) in [6.07, 6.45) is 0.491. The van der Waals surface area contributed by atoms with Crippen molar-refractivity contribution in [2.24, 2.45) is 0 Å². The Morgan fingerprint density at radius 1 is 1.40 bits per heavy atom. The Bertz CT molecular complexity index is 688. The normalized spacial score (nSPS) is 13.3. The zero-order valence-corrected chi connectivity index (χ0v) is 12.2. The number of carbonyl (C=O) groups is 1. The monoisotopic (exact) mass is 295 g/mol. The fourth-order valence-corrected chi connectivity index (χ4v) is 3.16. The second kappa shape index (κ2) is 5.62. The Morgan fingerprint density at radius 2 is 2.10 bits per heavy atom. The van der Waals surface area contributed by atoms with Crippen molar-refractivity contribution in [1.29, 1.82) is 0 Å². The average Bonchev–Trinajstić information content (AvgIpc) is 2.79. The molecule has 0 saturated carbocycles. The highest BCUT2D eigenvalue weighted by Crippen LogP contribution is 2.14. The van der Waals surface area contributed by atoms with Gasteiger partial charge in [-0.2, -0.15) is 0 Å². The van der Waals surface area contributed by atoms with Gasteiger partial charge in [0.05, 0.1) is 16.8 Å². The molecule has 2 rings (SSSR count). The number of rotatable bonds is 5. The maximum absolute atomic E-state index is 12.0. The first-order valence-corrected chi connectivity index (χ1v) is 8.12. The molecule has 1 amide bonds. The van der Waals surface area contributed by atoms with Crippen molar-refractivity contribution >= 4 is 32.7 Å². The van der Waals surface area contributed by atoms with Crippen LogP contribution >= 0.6 is 0 Å². The summed E-state index contributed by atoms with van der Waals surface area (Å²) in [6, 6.07) is 7.32. The molecule has 0 aliphatic heterocycles. The Hall–Kier alpha value is -1.89. The molecular formula is C13H17N3O3S. The quantitative estimate of drug-likeness (QED) is 0.878. The van der Waals surface area contributed by atoms with Gasteiger partial charge < -0.3 is 4.98 Å². The fourth-order valence-electron chi connectivity index (χ4n) is 1.85. The third-order valence-electron chi connectivity index (χ3n) is 3.03. The van der Waals surface area contributed by atoms with Gasteiger partial charge in [-0.15, -0.1) is 0 Å². The van der Waals surface area contributed by atoms with E-state index in [2.05, 4.69) is 15.3 Å². The van der Waals surface area contributed by atoms with Crippen LogP contribution in [-0.4, -0.2) is 35.3 Å². The van der Waals surface area contributed by atoms with Gasteiger partial charge in [-0.3, -0.25) is 10.1 Å². The van der Waals surface area contributed by atoms with Crippen molar-refractivity contribution < 1.29 is 13.2 Å². The van der Waals surface area contributed by atoms with Crippen LogP contribution in [0, 0.1) is 0 Å². The lowest BCUT2D eigenvalue weighted by Crippen LogP contribution is -2.34. The molecule has 1 heterocycles. The van der Waals surface area contributed by atoms with Crippen molar-refractivity contribution in [2.75, 3.05) is 11.1 Å². The number of anilines is 1. The molecule has 0 fully saturated rings. The molecule has 0 aliphatic carbocycles. The van der Waals surface area contributed by atoms with Crippen LogP contribution in [0.1, 0.15) is 20.3 Å². The van der Waals surface area contributed by atoms with Gasteiger partial charge in [0.15, 0.2) is 9.84 Å². The topological polar surface area (TPSA) is 91.9 Å². The molecule has 0 aliphatic rings. The third-order valence-corrected chi connectivity index (χ3v) is 5.30. The molecule has 6 nitrogen and oxygen atoms in total. The van der Waals surface area contributed by atoms with Crippen molar-refractivity contribution in [3.8, 4) is 0 Å². The van der Waals surface area contributed by atoms with Gasteiger partial charge in [0.2, 0.25) is 11.9 Å². The number of carbonyl (C=O) groups excluding carboxylic acids is 1. The zero-order valence-electron chi connectivity index (χ0n) is 11.4. The predicted octanol–water partition coefficient (Wildman–Crippen LogP) is 1.71. The minimum atomic E-state index is -3.41. The first kappa shape index (κ1) is 14.5. The van der Waals surface area contributed by atoms with Crippen LogP contribution in [0.25, 0.3) is 11.0 Å². The molecule has 1 aromatic heterocycles. The lowest BCUT2D eigenvalue weighted by Gasteiger charge is -2.11. The van der Waals surface area contributed by atoms with Crippen molar-refractivity contribution in [3.05, 3.63) is 24.3 Å². The first-order valence-electron chi connectivity index (χ1n) is 6.41. The molecule has 20 heavy (non-hydrogen) atoms. The Morgan fingerprint density at radius 3 is 2.75 bits per heavy atom. The summed E-state index contributed by atoms with van der Waals surface area (Å²) in [7, 11) is -3.41. The molecule has 2 N–H and O–H groups in total. The highest BCUT2D eigenvalue weighted by Gasteiger charge is 2.27. The Labute approximate surface area is 117 Å². The van der Waals surface area contributed by atoms with Gasteiger partial charge >= 0.3 is 0 Å². The van der Waals surface area contributed by atoms with Crippen LogP contribution in [0.15, 0.2) is 24.3 Å². The van der Waals surface area contributed by atoms with Gasteiger partial charge in [-0.05, 0) is 25.5 Å². The van der Waals surface area contributed by atoms with E-state index in [0.717, 1.165) is 5.52 Å². The molecule has 0 spiro atoms. The van der Waals surface area contributed by atoms with Crippen LogP contribution < -0.4 is 5.32 Å². The number of hydrogen-bond donors (Lipinski definition) is 2. The molecule has 7 heteroatoms. The van der Waals surface area contributed by atoms with Gasteiger partial charge in [0.25, 0.3) is 0 Å². The molecule has 1 aromatic carbocycles. The van der Waals surface area contributed by atoms with Crippen LogP contribution in [0.2, 0.25) is 0 Å². The van der Waals surface area contributed by atoms with Crippen LogP contribution in [0.4, 0.5) is 5.95 Å². The molecule has 2 aromatic rings. The maximum Gasteiger partial charge on any atom is 0.244 e. The first-order chi connectivity index (χ1) is 9.44. The van der Waals surface area contributed by atoms with Crippen LogP contribution in [0.3, 0.4) is 0 Å². The summed E-state index contributed by atoms with van der Waals surface area (Å²) in [4.78, 5) is 19.1. The number of aromatic nitrogens is 2. The van der Waals surface area contributed by atoms with E-state index in [-0.39, 0.29) is 11.7 Å². The number of H-pyrrole nitrogens is 1. The van der Waals surface area contributed by atoms with Crippen molar-refractivity contribution in [1.82, 2.24) is 9.97 Å². The SMILES string of the molecule is CCCS(=O)(=O)C(C)C(=O)Nc1nc2ccccc2[nH]1. The molecule has 108 valence electrons. The fraction of sp³-hybridized carbons (Fsp3) is 0.385. The highest BCUT2D eigenvalue weighted by molar-refractivity contribution is 7.92. The number of fused-ring (bicyclic) bond motifs is 1. The highest BCUT2D eigenvalue weighted by atomic mass is 32.2. The summed E-state index contributed by atoms with van der Waals surface area (Å²) >= 11 is 0. The van der Waals surface area contributed by atoms with E-state index in [9.17, 15) is 13.2 Å². The van der Waals surface area contributed by atoms with E-state index in [1.165, 1.54) is 6.92 Å². The molecule has 1 unspecified atom stereocenters. The summed E-state index contributed by atoms with van der Waals surface area (Å²) < 4.78 is 23.7. The van der Waals surface area contributed by atoms with Crippen LogP contribution in [-0.2, 0) is 14.6 Å². The smallest absolute Gasteiger partial charge is 0.244 e. The van der Waals surface area contributed by atoms with Crippen molar-refractivity contribution in [3.63, 3.8) is 0 Å². The van der Waals surface area contributed by atoms with Gasteiger partial charge in [-0.1, -0.05) is 19.1 Å². The van der Waals surface area contributed by atoms with E-state index in [0.29, 0.717) is 11.9 Å². The predicted molar refractivity (Wildman–Crippen MR) is 78.3 cm³/mol. The number of para-hydroxylation sites is 2. The largest absolute Gasteiger partial charge is 0.324 e. The number of sulfone groups is 1. The van der Waals surface area contributed by atoms with Crippen LogP contribution in [0.5, 0.6) is 0 Å². The maximum atomic E-state index is 12.0. The molecular weight excluding hydrogens is 278 g/mol. The van der Waals surface area contributed by atoms with E-state index in [4.69, 9.17) is 0 Å². The van der Waals surface area contributed by atoms with Gasteiger partial charge in [0.1, 0.15) is 5.25 Å². The summed E-state index contributed by atoms with van der Waals surface area (Å²) in [6.45, 7) is 3.16. The van der Waals surface area contributed by atoms with E-state index in [1.807, 2.05) is 18.2 Å². The number of hydrogen-bond acceptors (Lipinski definition) is 4. The van der Waals surface area contributed by atoms with Crippen molar-refractivity contribution in [2.45, 2.75) is 25.5 Å². The lowest BCUT2D eigenvalue weighted by molar-refractivity contribution is -0.115. The van der Waals surface area contributed by atoms with Gasteiger partial charge in [-0.25, -0.2) is 13.4 Å². The molecule has 1 atom stereocenters. The van der Waals surface area contributed by atoms with Gasteiger partial charge in [0, 0.05) is 0 Å². The van der Waals surface area contributed by atoms with E-state index >= 15 is 0 Å². The lowest BCUT2D eigenvalue weighted by atomic mass is 10.3. The van der Waals surface area contributed by atoms with E-state index < -0.39 is 21.0 Å². The Kier molecular flexibility index (Phi) is 4.08. The average molecular weight is 295 g/mol. The molecule has 0 bridgehead atoms. The summed E-state index contributed by atoms with van der Waals surface area (Å²) in [5, 5.41) is 1.42. The second-order valence-corrected chi connectivity index (χ2v) is 7.04. The number of nitrogens with zero attached hydrogens (tertiary/aromatic N) is 1. The standard InChI is InChI=1S/C13H17N3O3S/c1-3-8-20(18,19)9(2)12(17)16-13-14-10-6-4-5-7-11(10)15-13/h4-7,9H,3,8H2,1-2H3,(H2,14,15,16,17). The third kappa shape index (κ3) is 2.98. The summed E-state index contributed by atoms with van der Waals surface area (Å²) in [5.74, 6) is -0.311. The number of amides is 1. The number of nitrogens with one attached hydrogen (secondary N) is 2. The molecule has 0 saturated heterocycles.